The minimum Gasteiger partial charge on any atom is -0.350 e. The van der Waals surface area contributed by atoms with Crippen molar-refractivity contribution in [3.05, 3.63) is 94.3 Å². The van der Waals surface area contributed by atoms with E-state index in [1.54, 1.807) is 0 Å². The fourth-order valence-electron chi connectivity index (χ4n) is 4.40. The number of rotatable bonds is 4. The second kappa shape index (κ2) is 7.74. The van der Waals surface area contributed by atoms with Crippen LogP contribution in [0.2, 0.25) is 0 Å². The monoisotopic (exact) mass is 358 g/mol. The van der Waals surface area contributed by atoms with Crippen molar-refractivity contribution in [2.75, 3.05) is 6.54 Å². The van der Waals surface area contributed by atoms with Gasteiger partial charge in [-0.05, 0) is 66.6 Å². The Balaban J connectivity index is 1.77. The highest BCUT2D eigenvalue weighted by Crippen LogP contribution is 2.34. The molecule has 2 nitrogen and oxygen atoms in total. The predicted octanol–water partition coefficient (Wildman–Crippen LogP) is 5.66. The van der Waals surface area contributed by atoms with Crippen molar-refractivity contribution in [1.82, 2.24) is 9.47 Å². The third-order valence-corrected chi connectivity index (χ3v) is 6.07. The van der Waals surface area contributed by atoms with Crippen molar-refractivity contribution in [3.63, 3.8) is 0 Å². The van der Waals surface area contributed by atoms with E-state index in [-0.39, 0.29) is 0 Å². The van der Waals surface area contributed by atoms with Gasteiger partial charge in [-0.2, -0.15) is 0 Å². The molecule has 0 saturated heterocycles. The number of aryl methyl sites for hydroxylation is 4. The minimum atomic E-state index is 0.312. The quantitative estimate of drug-likeness (QED) is 0.584. The summed E-state index contributed by atoms with van der Waals surface area (Å²) in [6.45, 7) is 9.92. The summed E-state index contributed by atoms with van der Waals surface area (Å²) in [4.78, 5) is 2.68. The second-order valence-corrected chi connectivity index (χ2v) is 7.82. The van der Waals surface area contributed by atoms with Gasteiger partial charge in [0.15, 0.2) is 0 Å². The molecule has 2 heteroatoms. The minimum absolute atomic E-state index is 0.312. The summed E-state index contributed by atoms with van der Waals surface area (Å²) in [6, 6.07) is 20.7. The Bertz CT molecular complexity index is 922. The van der Waals surface area contributed by atoms with Crippen LogP contribution < -0.4 is 0 Å². The van der Waals surface area contributed by atoms with Crippen LogP contribution in [0, 0.1) is 13.8 Å². The number of fused-ring (bicyclic) bond motifs is 1. The number of hydrogen-bond donors (Lipinski definition) is 0. The van der Waals surface area contributed by atoms with E-state index in [1.165, 1.54) is 39.9 Å². The first kappa shape index (κ1) is 18.1. The molecule has 0 aliphatic carbocycles. The Kier molecular flexibility index (Phi) is 5.18. The van der Waals surface area contributed by atoms with Crippen LogP contribution in [0.5, 0.6) is 0 Å². The average Bonchev–Trinajstić information content (AvgIpc) is 3.06. The van der Waals surface area contributed by atoms with E-state index in [0.29, 0.717) is 6.04 Å². The molecule has 1 aliphatic heterocycles. The fourth-order valence-corrected chi connectivity index (χ4v) is 4.40. The van der Waals surface area contributed by atoms with Crippen molar-refractivity contribution < 1.29 is 0 Å². The third-order valence-electron chi connectivity index (χ3n) is 6.07. The van der Waals surface area contributed by atoms with Crippen LogP contribution >= 0.6 is 0 Å². The molecule has 0 saturated carbocycles. The molecule has 140 valence electrons. The molecule has 0 amide bonds. The van der Waals surface area contributed by atoms with E-state index in [2.05, 4.69) is 91.0 Å². The fraction of sp³-hybridized carbons (Fsp3) is 0.360. The summed E-state index contributed by atoms with van der Waals surface area (Å²) in [5, 5.41) is 0. The second-order valence-electron chi connectivity index (χ2n) is 7.82. The van der Waals surface area contributed by atoms with Gasteiger partial charge >= 0.3 is 0 Å². The lowest BCUT2D eigenvalue weighted by atomic mass is 9.96. The Hall–Kier alpha value is -2.32. The van der Waals surface area contributed by atoms with E-state index >= 15 is 0 Å². The molecular weight excluding hydrogens is 328 g/mol. The summed E-state index contributed by atoms with van der Waals surface area (Å²) in [5.74, 6) is 0. The van der Waals surface area contributed by atoms with Crippen LogP contribution in [-0.2, 0) is 19.5 Å². The van der Waals surface area contributed by atoms with Gasteiger partial charge in [0.1, 0.15) is 0 Å². The third kappa shape index (κ3) is 3.59. The molecule has 2 heterocycles. The highest BCUT2D eigenvalue weighted by atomic mass is 15.2. The Morgan fingerprint density at radius 2 is 1.70 bits per heavy atom. The number of hydrogen-bond acceptors (Lipinski definition) is 1. The van der Waals surface area contributed by atoms with Crippen molar-refractivity contribution in [2.45, 2.75) is 52.7 Å². The normalized spacial score (nSPS) is 17.5. The summed E-state index contributed by atoms with van der Waals surface area (Å²) < 4.78 is 2.45. The van der Waals surface area contributed by atoms with Crippen molar-refractivity contribution in [1.29, 1.82) is 0 Å². The molecule has 1 aromatic heterocycles. The number of benzene rings is 2. The van der Waals surface area contributed by atoms with Crippen LogP contribution in [-0.4, -0.2) is 16.0 Å². The highest BCUT2D eigenvalue weighted by Gasteiger charge is 2.27. The van der Waals surface area contributed by atoms with E-state index in [4.69, 9.17) is 0 Å². The van der Waals surface area contributed by atoms with Crippen LogP contribution in [0.4, 0.5) is 0 Å². The lowest BCUT2D eigenvalue weighted by Crippen LogP contribution is -2.30. The Morgan fingerprint density at radius 1 is 0.889 bits per heavy atom. The molecule has 0 unspecified atom stereocenters. The number of aromatic nitrogens is 1. The molecular formula is C25H30N2. The predicted molar refractivity (Wildman–Crippen MR) is 113 cm³/mol. The molecule has 3 aromatic rings. The largest absolute Gasteiger partial charge is 0.350 e. The van der Waals surface area contributed by atoms with Gasteiger partial charge in [-0.25, -0.2) is 0 Å². The van der Waals surface area contributed by atoms with Gasteiger partial charge in [-0.1, -0.05) is 49.4 Å². The maximum Gasteiger partial charge on any atom is 0.0759 e. The van der Waals surface area contributed by atoms with Gasteiger partial charge in [0.25, 0.3) is 0 Å². The first-order chi connectivity index (χ1) is 13.2. The molecule has 1 atom stereocenters. The molecule has 0 fully saturated rings. The standard InChI is InChI=1S/C25H30N2/c1-4-21-9-5-6-10-23(21)18-27-16-8-15-26-14-7-11-24(26)25(27)22-13-12-19(2)20(3)17-22/h5-7,9-14,17,25H,4,8,15-16,18H2,1-3H3/t25-/m0/s1. The van der Waals surface area contributed by atoms with Gasteiger partial charge in [-0.15, -0.1) is 0 Å². The van der Waals surface area contributed by atoms with E-state index < -0.39 is 0 Å². The first-order valence-corrected chi connectivity index (χ1v) is 10.2. The van der Waals surface area contributed by atoms with Crippen LogP contribution in [0.1, 0.15) is 52.9 Å². The van der Waals surface area contributed by atoms with Crippen molar-refractivity contribution >= 4 is 0 Å². The zero-order valence-corrected chi connectivity index (χ0v) is 16.8. The molecule has 2 aromatic carbocycles. The summed E-state index contributed by atoms with van der Waals surface area (Å²) in [7, 11) is 0. The van der Waals surface area contributed by atoms with Crippen LogP contribution in [0.25, 0.3) is 0 Å². The SMILES string of the molecule is CCc1ccccc1CN1CCCn2cccc2[C@@H]1c1ccc(C)c(C)c1. The van der Waals surface area contributed by atoms with Crippen LogP contribution in [0.15, 0.2) is 60.8 Å². The topological polar surface area (TPSA) is 8.17 Å². The lowest BCUT2D eigenvalue weighted by molar-refractivity contribution is 0.219. The van der Waals surface area contributed by atoms with Gasteiger partial charge in [0.2, 0.25) is 0 Å². The summed E-state index contributed by atoms with van der Waals surface area (Å²) in [6.07, 6.45) is 4.53. The average molecular weight is 359 g/mol. The first-order valence-electron chi connectivity index (χ1n) is 10.2. The smallest absolute Gasteiger partial charge is 0.0759 e. The highest BCUT2D eigenvalue weighted by molar-refractivity contribution is 5.37. The maximum atomic E-state index is 2.68. The van der Waals surface area contributed by atoms with Gasteiger partial charge in [-0.3, -0.25) is 4.90 Å². The van der Waals surface area contributed by atoms with Crippen molar-refractivity contribution in [3.8, 4) is 0 Å². The molecule has 0 N–H and O–H groups in total. The van der Waals surface area contributed by atoms with Crippen LogP contribution in [0.3, 0.4) is 0 Å². The zero-order chi connectivity index (χ0) is 18.8. The van der Waals surface area contributed by atoms with Gasteiger partial charge in [0, 0.05) is 31.5 Å². The molecule has 0 radical (unpaired) electrons. The van der Waals surface area contributed by atoms with E-state index in [1.807, 2.05) is 0 Å². The lowest BCUT2D eigenvalue weighted by Gasteiger charge is -2.31. The number of nitrogens with zero attached hydrogens (tertiary/aromatic N) is 2. The molecule has 27 heavy (non-hydrogen) atoms. The van der Waals surface area contributed by atoms with E-state index in [0.717, 1.165) is 26.1 Å². The zero-order valence-electron chi connectivity index (χ0n) is 16.8. The molecule has 0 spiro atoms. The van der Waals surface area contributed by atoms with E-state index in [9.17, 15) is 0 Å². The van der Waals surface area contributed by atoms with Crippen molar-refractivity contribution in [2.24, 2.45) is 0 Å². The maximum absolute atomic E-state index is 2.68. The van der Waals surface area contributed by atoms with Gasteiger partial charge in [0.05, 0.1) is 6.04 Å². The molecule has 1 aliphatic rings. The molecule has 4 rings (SSSR count). The Labute approximate surface area is 163 Å². The summed E-state index contributed by atoms with van der Waals surface area (Å²) >= 11 is 0. The summed E-state index contributed by atoms with van der Waals surface area (Å²) in [5.41, 5.74) is 8.51. The van der Waals surface area contributed by atoms with Gasteiger partial charge < -0.3 is 4.57 Å². The Morgan fingerprint density at radius 3 is 2.48 bits per heavy atom. The molecule has 0 bridgehead atoms.